The van der Waals surface area contributed by atoms with E-state index in [2.05, 4.69) is 15.3 Å². The van der Waals surface area contributed by atoms with Crippen molar-refractivity contribution in [1.82, 2.24) is 14.9 Å². The van der Waals surface area contributed by atoms with Crippen molar-refractivity contribution in [3.63, 3.8) is 0 Å². The lowest BCUT2D eigenvalue weighted by Crippen LogP contribution is -1.97. The van der Waals surface area contributed by atoms with E-state index in [4.69, 9.17) is 40.2 Å². The van der Waals surface area contributed by atoms with Gasteiger partial charge in [-0.15, -0.1) is 0 Å². The number of benzene rings is 2. The van der Waals surface area contributed by atoms with E-state index >= 15 is 0 Å². The molecular formula is C16H12Cl2N4OS. The van der Waals surface area contributed by atoms with Crippen LogP contribution in [0.1, 0.15) is 5.56 Å². The van der Waals surface area contributed by atoms with Crippen LogP contribution in [0.15, 0.2) is 47.6 Å². The second-order valence-electron chi connectivity index (χ2n) is 4.77. The van der Waals surface area contributed by atoms with Crippen LogP contribution < -0.4 is 4.74 Å². The fraction of sp³-hybridized carbons (Fsp3) is 0.0625. The average Bonchev–Trinajstić information content (AvgIpc) is 2.94. The topological polar surface area (TPSA) is 55.2 Å². The first kappa shape index (κ1) is 16.7. The summed E-state index contributed by atoms with van der Waals surface area (Å²) < 4.78 is 7.15. The maximum absolute atomic E-state index is 6.25. The van der Waals surface area contributed by atoms with Crippen molar-refractivity contribution >= 4 is 41.6 Å². The monoisotopic (exact) mass is 378 g/mol. The van der Waals surface area contributed by atoms with Crippen LogP contribution in [0.5, 0.6) is 5.75 Å². The Morgan fingerprint density at radius 1 is 1.25 bits per heavy atom. The number of para-hydroxylation sites is 1. The molecule has 24 heavy (non-hydrogen) atoms. The lowest BCUT2D eigenvalue weighted by molar-refractivity contribution is 0.414. The summed E-state index contributed by atoms with van der Waals surface area (Å²) in [6.45, 7) is 0. The predicted octanol–water partition coefficient (Wildman–Crippen LogP) is 4.81. The number of aromatic amines is 1. The minimum atomic E-state index is 0.349. The van der Waals surface area contributed by atoms with Crippen LogP contribution >= 0.6 is 35.4 Å². The fourth-order valence-corrected chi connectivity index (χ4v) is 2.81. The third-order valence-corrected chi connectivity index (χ3v) is 4.09. The first-order valence-electron chi connectivity index (χ1n) is 6.90. The number of methoxy groups -OCH3 is 1. The summed E-state index contributed by atoms with van der Waals surface area (Å²) in [6.07, 6.45) is 1.65. The van der Waals surface area contributed by atoms with Gasteiger partial charge in [0.25, 0.3) is 0 Å². The first-order chi connectivity index (χ1) is 11.6. The lowest BCUT2D eigenvalue weighted by atomic mass is 10.2. The number of rotatable bonds is 4. The zero-order valence-electron chi connectivity index (χ0n) is 12.5. The first-order valence-corrected chi connectivity index (χ1v) is 8.07. The smallest absolute Gasteiger partial charge is 0.216 e. The fourth-order valence-electron chi connectivity index (χ4n) is 2.14. The largest absolute Gasteiger partial charge is 0.496 e. The van der Waals surface area contributed by atoms with E-state index in [0.29, 0.717) is 32.0 Å². The molecule has 5 nitrogen and oxygen atoms in total. The van der Waals surface area contributed by atoms with Gasteiger partial charge >= 0.3 is 0 Å². The van der Waals surface area contributed by atoms with Gasteiger partial charge in [-0.1, -0.05) is 35.3 Å². The molecule has 0 saturated heterocycles. The number of ether oxygens (including phenoxy) is 1. The van der Waals surface area contributed by atoms with Crippen molar-refractivity contribution in [2.24, 2.45) is 5.10 Å². The van der Waals surface area contributed by atoms with E-state index < -0.39 is 0 Å². The zero-order chi connectivity index (χ0) is 17.1. The molecule has 0 saturated carbocycles. The lowest BCUT2D eigenvalue weighted by Gasteiger charge is -2.05. The Morgan fingerprint density at radius 2 is 2.04 bits per heavy atom. The van der Waals surface area contributed by atoms with E-state index in [1.54, 1.807) is 31.5 Å². The molecule has 0 aliphatic carbocycles. The summed E-state index contributed by atoms with van der Waals surface area (Å²) in [5, 5.41) is 12.3. The molecule has 0 aliphatic rings. The summed E-state index contributed by atoms with van der Waals surface area (Å²) >= 11 is 17.4. The van der Waals surface area contributed by atoms with Crippen molar-refractivity contribution in [2.75, 3.05) is 7.11 Å². The maximum Gasteiger partial charge on any atom is 0.216 e. The Kier molecular flexibility index (Phi) is 4.99. The number of halogens is 2. The maximum atomic E-state index is 6.25. The summed E-state index contributed by atoms with van der Waals surface area (Å²) in [6, 6.07) is 12.7. The van der Waals surface area contributed by atoms with Crippen molar-refractivity contribution in [2.45, 2.75) is 0 Å². The molecule has 0 radical (unpaired) electrons. The Labute approximate surface area is 153 Å². The molecule has 0 atom stereocenters. The van der Waals surface area contributed by atoms with Crippen molar-refractivity contribution in [1.29, 1.82) is 0 Å². The second kappa shape index (κ2) is 7.17. The standard InChI is InChI=1S/C16H12Cl2N4OS/c1-23-14-5-3-2-4-10(14)9-19-22-15(20-21-16(22)24)12-7-6-11(17)8-13(12)18/h2-9H,1H3,(H,21,24)/b19-9-. The molecule has 1 heterocycles. The molecule has 0 amide bonds. The molecule has 122 valence electrons. The van der Waals surface area contributed by atoms with Gasteiger partial charge in [0.2, 0.25) is 4.77 Å². The van der Waals surface area contributed by atoms with Crippen LogP contribution in [-0.4, -0.2) is 28.2 Å². The highest BCUT2D eigenvalue weighted by Crippen LogP contribution is 2.29. The quantitative estimate of drug-likeness (QED) is 0.523. The number of H-pyrrole nitrogens is 1. The summed E-state index contributed by atoms with van der Waals surface area (Å²) in [5.41, 5.74) is 1.49. The van der Waals surface area contributed by atoms with Gasteiger partial charge in [-0.25, -0.2) is 5.10 Å². The van der Waals surface area contributed by atoms with E-state index in [0.717, 1.165) is 5.56 Å². The average molecular weight is 379 g/mol. The molecule has 0 unspecified atom stereocenters. The van der Waals surface area contributed by atoms with Gasteiger partial charge in [0, 0.05) is 16.1 Å². The molecule has 3 aromatic rings. The number of hydrogen-bond acceptors (Lipinski definition) is 4. The Balaban J connectivity index is 2.05. The molecule has 0 fully saturated rings. The SMILES string of the molecule is COc1ccccc1/C=N\n1c(-c2ccc(Cl)cc2Cl)n[nH]c1=S. The third-order valence-electron chi connectivity index (χ3n) is 3.27. The highest BCUT2D eigenvalue weighted by Gasteiger charge is 2.12. The molecule has 1 N–H and O–H groups in total. The molecule has 0 aliphatic heterocycles. The van der Waals surface area contributed by atoms with Crippen molar-refractivity contribution in [3.05, 3.63) is 62.8 Å². The number of nitrogens with one attached hydrogen (secondary N) is 1. The number of aromatic nitrogens is 3. The predicted molar refractivity (Wildman–Crippen MR) is 98.9 cm³/mol. The van der Waals surface area contributed by atoms with Crippen molar-refractivity contribution in [3.8, 4) is 17.1 Å². The normalized spacial score (nSPS) is 11.1. The Hall–Kier alpha value is -2.15. The van der Waals surface area contributed by atoms with Crippen LogP contribution in [0.2, 0.25) is 10.0 Å². The molecule has 3 rings (SSSR count). The number of nitrogens with zero attached hydrogens (tertiary/aromatic N) is 3. The van der Waals surface area contributed by atoms with E-state index in [-0.39, 0.29) is 0 Å². The van der Waals surface area contributed by atoms with E-state index in [1.165, 1.54) is 4.68 Å². The third kappa shape index (κ3) is 3.36. The van der Waals surface area contributed by atoms with E-state index in [9.17, 15) is 0 Å². The van der Waals surface area contributed by atoms with Crippen LogP contribution in [0.3, 0.4) is 0 Å². The van der Waals surface area contributed by atoms with Gasteiger partial charge < -0.3 is 4.74 Å². The van der Waals surface area contributed by atoms with Crippen LogP contribution in [0, 0.1) is 4.77 Å². The summed E-state index contributed by atoms with van der Waals surface area (Å²) in [5.74, 6) is 1.20. The molecule has 0 spiro atoms. The highest BCUT2D eigenvalue weighted by atomic mass is 35.5. The number of hydrogen-bond donors (Lipinski definition) is 1. The minimum Gasteiger partial charge on any atom is -0.496 e. The van der Waals surface area contributed by atoms with Gasteiger partial charge in [-0.05, 0) is 42.5 Å². The molecule has 1 aromatic heterocycles. The molecule has 2 aromatic carbocycles. The van der Waals surface area contributed by atoms with Crippen LogP contribution in [0.25, 0.3) is 11.4 Å². The zero-order valence-corrected chi connectivity index (χ0v) is 14.9. The van der Waals surface area contributed by atoms with Gasteiger partial charge in [0.1, 0.15) is 5.75 Å². The molecule has 8 heteroatoms. The van der Waals surface area contributed by atoms with Gasteiger partial charge in [0.05, 0.1) is 18.3 Å². The second-order valence-corrected chi connectivity index (χ2v) is 6.01. The Morgan fingerprint density at radius 3 is 2.79 bits per heavy atom. The van der Waals surface area contributed by atoms with Gasteiger partial charge in [-0.2, -0.15) is 14.9 Å². The molecule has 0 bridgehead atoms. The van der Waals surface area contributed by atoms with Crippen molar-refractivity contribution < 1.29 is 4.74 Å². The van der Waals surface area contributed by atoms with Gasteiger partial charge in [0.15, 0.2) is 5.82 Å². The minimum absolute atomic E-state index is 0.349. The summed E-state index contributed by atoms with van der Waals surface area (Å²) in [4.78, 5) is 0. The van der Waals surface area contributed by atoms with E-state index in [1.807, 2.05) is 24.3 Å². The molecular weight excluding hydrogens is 367 g/mol. The van der Waals surface area contributed by atoms with Crippen LogP contribution in [0.4, 0.5) is 0 Å². The van der Waals surface area contributed by atoms with Gasteiger partial charge in [-0.3, -0.25) is 0 Å². The summed E-state index contributed by atoms with van der Waals surface area (Å²) in [7, 11) is 1.61. The van der Waals surface area contributed by atoms with Crippen LogP contribution in [-0.2, 0) is 0 Å². The Bertz CT molecular complexity index is 965. The highest BCUT2D eigenvalue weighted by molar-refractivity contribution is 7.71.